The molecule has 0 spiro atoms. The van der Waals surface area contributed by atoms with Gasteiger partial charge in [0.2, 0.25) is 5.91 Å². The minimum Gasteiger partial charge on any atom is -0.310 e. The van der Waals surface area contributed by atoms with Gasteiger partial charge in [0.15, 0.2) is 0 Å². The van der Waals surface area contributed by atoms with Crippen molar-refractivity contribution < 1.29 is 4.79 Å². The van der Waals surface area contributed by atoms with Gasteiger partial charge in [0.25, 0.3) is 0 Å². The van der Waals surface area contributed by atoms with E-state index in [-0.39, 0.29) is 11.8 Å². The number of hydrogen-bond donors (Lipinski definition) is 1. The topological polar surface area (TPSA) is 46.9 Å². The molecule has 2 fully saturated rings. The zero-order valence-electron chi connectivity index (χ0n) is 10.4. The Labute approximate surface area is 101 Å². The van der Waals surface area contributed by atoms with Gasteiger partial charge >= 0.3 is 0 Å². The first-order valence-electron chi connectivity index (χ1n) is 6.48. The molecule has 0 saturated heterocycles. The molecule has 92 valence electrons. The molecule has 3 rings (SSSR count). The van der Waals surface area contributed by atoms with Crippen LogP contribution >= 0.6 is 0 Å². The van der Waals surface area contributed by atoms with E-state index in [2.05, 4.69) is 17.3 Å². The zero-order chi connectivity index (χ0) is 12.0. The summed E-state index contributed by atoms with van der Waals surface area (Å²) in [5, 5.41) is 7.40. The van der Waals surface area contributed by atoms with Crippen molar-refractivity contribution in [3.63, 3.8) is 0 Å². The van der Waals surface area contributed by atoms with Crippen molar-refractivity contribution in [2.24, 2.45) is 17.8 Å². The second-order valence-corrected chi connectivity index (χ2v) is 5.61. The summed E-state index contributed by atoms with van der Waals surface area (Å²) in [4.78, 5) is 11.9. The number of carbonyl (C=O) groups is 1. The van der Waals surface area contributed by atoms with Gasteiger partial charge in [0, 0.05) is 18.0 Å². The van der Waals surface area contributed by atoms with Gasteiger partial charge in [-0.1, -0.05) is 6.92 Å². The van der Waals surface area contributed by atoms with Crippen molar-refractivity contribution in [2.75, 3.05) is 5.32 Å². The lowest BCUT2D eigenvalue weighted by Gasteiger charge is -2.09. The number of aryl methyl sites for hydroxylation is 1. The first kappa shape index (κ1) is 10.8. The molecule has 2 aliphatic carbocycles. The van der Waals surface area contributed by atoms with Gasteiger partial charge in [0.05, 0.1) is 6.20 Å². The highest BCUT2D eigenvalue weighted by Gasteiger charge is 2.39. The lowest BCUT2D eigenvalue weighted by molar-refractivity contribution is -0.117. The second kappa shape index (κ2) is 3.86. The number of amides is 1. The van der Waals surface area contributed by atoms with Gasteiger partial charge < -0.3 is 5.32 Å². The molecule has 17 heavy (non-hydrogen) atoms. The fourth-order valence-electron chi connectivity index (χ4n) is 2.22. The van der Waals surface area contributed by atoms with Crippen LogP contribution in [0.25, 0.3) is 0 Å². The van der Waals surface area contributed by atoms with E-state index in [1.807, 2.05) is 17.8 Å². The van der Waals surface area contributed by atoms with Gasteiger partial charge in [-0.3, -0.25) is 4.79 Å². The van der Waals surface area contributed by atoms with Crippen LogP contribution in [0.3, 0.4) is 0 Å². The molecule has 0 bridgehead atoms. The van der Waals surface area contributed by atoms with E-state index < -0.39 is 0 Å². The third-order valence-electron chi connectivity index (χ3n) is 3.84. The third-order valence-corrected chi connectivity index (χ3v) is 3.84. The maximum atomic E-state index is 11.9. The van der Waals surface area contributed by atoms with Crippen LogP contribution in [-0.2, 0) is 11.3 Å². The van der Waals surface area contributed by atoms with Crippen LogP contribution in [-0.4, -0.2) is 15.7 Å². The fourth-order valence-corrected chi connectivity index (χ4v) is 2.22. The van der Waals surface area contributed by atoms with Crippen LogP contribution in [0, 0.1) is 24.7 Å². The predicted octanol–water partition coefficient (Wildman–Crippen LogP) is 2.20. The lowest BCUT2D eigenvalue weighted by atomic mass is 10.3. The lowest BCUT2D eigenvalue weighted by Crippen LogP contribution is -2.18. The maximum absolute atomic E-state index is 11.9. The number of hydrogen-bond acceptors (Lipinski definition) is 2. The number of aromatic nitrogens is 2. The van der Waals surface area contributed by atoms with Crippen molar-refractivity contribution in [3.05, 3.63) is 11.8 Å². The van der Waals surface area contributed by atoms with E-state index in [1.54, 1.807) is 0 Å². The Morgan fingerprint density at radius 3 is 2.88 bits per heavy atom. The molecular weight excluding hydrogens is 214 g/mol. The molecule has 4 nitrogen and oxygen atoms in total. The zero-order valence-corrected chi connectivity index (χ0v) is 10.4. The van der Waals surface area contributed by atoms with Gasteiger partial charge in [-0.15, -0.1) is 0 Å². The molecule has 2 saturated carbocycles. The van der Waals surface area contributed by atoms with Crippen molar-refractivity contribution >= 4 is 11.7 Å². The number of rotatable bonds is 4. The summed E-state index contributed by atoms with van der Waals surface area (Å²) in [6.45, 7) is 5.07. The monoisotopic (exact) mass is 233 g/mol. The largest absolute Gasteiger partial charge is 0.310 e. The van der Waals surface area contributed by atoms with Crippen molar-refractivity contribution in [1.82, 2.24) is 9.78 Å². The summed E-state index contributed by atoms with van der Waals surface area (Å²) in [7, 11) is 0. The predicted molar refractivity (Wildman–Crippen MR) is 65.6 cm³/mol. The van der Waals surface area contributed by atoms with E-state index in [1.165, 1.54) is 12.8 Å². The summed E-state index contributed by atoms with van der Waals surface area (Å²) in [6, 6.07) is 0. The molecule has 0 unspecified atom stereocenters. The van der Waals surface area contributed by atoms with E-state index in [4.69, 9.17) is 0 Å². The number of nitrogens with one attached hydrogen (secondary N) is 1. The molecule has 2 atom stereocenters. The molecule has 1 N–H and O–H groups in total. The van der Waals surface area contributed by atoms with Gasteiger partial charge in [-0.25, -0.2) is 4.68 Å². The second-order valence-electron chi connectivity index (χ2n) is 5.61. The number of nitrogens with zero attached hydrogens (tertiary/aromatic N) is 2. The van der Waals surface area contributed by atoms with Crippen LogP contribution < -0.4 is 5.32 Å². The molecule has 0 radical (unpaired) electrons. The van der Waals surface area contributed by atoms with Gasteiger partial charge in [-0.2, -0.15) is 5.10 Å². The molecule has 1 aromatic rings. The summed E-state index contributed by atoms with van der Waals surface area (Å²) in [5.41, 5.74) is 1.06. The van der Waals surface area contributed by atoms with Crippen LogP contribution in [0.4, 0.5) is 5.82 Å². The van der Waals surface area contributed by atoms with Crippen LogP contribution in [0.5, 0.6) is 0 Å². The van der Waals surface area contributed by atoms with Crippen molar-refractivity contribution in [2.45, 2.75) is 39.7 Å². The van der Waals surface area contributed by atoms with E-state index in [9.17, 15) is 4.79 Å². The summed E-state index contributed by atoms with van der Waals surface area (Å²) in [5.74, 6) is 2.61. The molecular formula is C13H19N3O. The Balaban J connectivity index is 1.71. The Morgan fingerprint density at radius 1 is 1.59 bits per heavy atom. The Kier molecular flexibility index (Phi) is 2.45. The standard InChI is InChI=1S/C13H19N3O/c1-8-5-11(8)13(17)15-12-9(2)6-14-16(12)7-10-3-4-10/h6,8,10-11H,3-5,7H2,1-2H3,(H,15,17)/t8-,11+/m0/s1. The summed E-state index contributed by atoms with van der Waals surface area (Å²) >= 11 is 0. The molecule has 4 heteroatoms. The van der Waals surface area contributed by atoms with Gasteiger partial charge in [0.1, 0.15) is 5.82 Å². The first-order valence-corrected chi connectivity index (χ1v) is 6.48. The average molecular weight is 233 g/mol. The van der Waals surface area contributed by atoms with Crippen molar-refractivity contribution in [1.29, 1.82) is 0 Å². The minimum absolute atomic E-state index is 0.165. The Morgan fingerprint density at radius 2 is 2.29 bits per heavy atom. The van der Waals surface area contributed by atoms with Crippen LogP contribution in [0.2, 0.25) is 0 Å². The number of anilines is 1. The molecule has 0 aliphatic heterocycles. The summed E-state index contributed by atoms with van der Waals surface area (Å²) in [6.07, 6.45) is 5.47. The van der Waals surface area contributed by atoms with Crippen LogP contribution in [0.1, 0.15) is 31.7 Å². The van der Waals surface area contributed by atoms with E-state index in [0.717, 1.165) is 30.3 Å². The highest BCUT2D eigenvalue weighted by molar-refractivity contribution is 5.94. The Hall–Kier alpha value is -1.32. The molecule has 2 aliphatic rings. The number of carbonyl (C=O) groups excluding carboxylic acids is 1. The van der Waals surface area contributed by atoms with Crippen molar-refractivity contribution in [3.8, 4) is 0 Å². The highest BCUT2D eigenvalue weighted by Crippen LogP contribution is 2.39. The highest BCUT2D eigenvalue weighted by atomic mass is 16.2. The molecule has 1 amide bonds. The maximum Gasteiger partial charge on any atom is 0.228 e. The third kappa shape index (κ3) is 2.21. The summed E-state index contributed by atoms with van der Waals surface area (Å²) < 4.78 is 1.96. The normalized spacial score (nSPS) is 26.9. The Bertz CT molecular complexity index is 448. The quantitative estimate of drug-likeness (QED) is 0.866. The van der Waals surface area contributed by atoms with Gasteiger partial charge in [-0.05, 0) is 38.0 Å². The average Bonchev–Trinajstić information content (AvgIpc) is 3.17. The van der Waals surface area contributed by atoms with Crippen LogP contribution in [0.15, 0.2) is 6.20 Å². The van der Waals surface area contributed by atoms with E-state index in [0.29, 0.717) is 5.92 Å². The first-order chi connectivity index (χ1) is 8.15. The minimum atomic E-state index is 0.165. The SMILES string of the molecule is Cc1cnn(CC2CC2)c1NC(=O)[C@@H]1C[C@@H]1C. The fraction of sp³-hybridized carbons (Fsp3) is 0.692. The smallest absolute Gasteiger partial charge is 0.228 e. The molecule has 0 aromatic carbocycles. The molecule has 1 aromatic heterocycles. The molecule has 1 heterocycles. The van der Waals surface area contributed by atoms with E-state index >= 15 is 0 Å².